The molecule has 0 aliphatic carbocycles. The standard InChI is InChI=1S/C19H21N5O/c1-14-12-15-6-2-4-8-17(15)23(14)11-10-20-19(25)22-24-13-21-16-7-3-5-9-18(16)24/h2-9,13-14H,10-12H2,1H3,(H2,20,22,25). The molecule has 1 unspecified atom stereocenters. The monoisotopic (exact) mass is 335 g/mol. The normalized spacial score (nSPS) is 16.0. The molecule has 1 aromatic heterocycles. The van der Waals surface area contributed by atoms with E-state index in [0.29, 0.717) is 12.6 Å². The molecule has 1 atom stereocenters. The summed E-state index contributed by atoms with van der Waals surface area (Å²) in [5, 5.41) is 2.92. The molecule has 6 heteroatoms. The summed E-state index contributed by atoms with van der Waals surface area (Å²) in [4.78, 5) is 18.8. The fourth-order valence-electron chi connectivity index (χ4n) is 3.46. The van der Waals surface area contributed by atoms with Gasteiger partial charge in [-0.15, -0.1) is 0 Å². The third kappa shape index (κ3) is 3.03. The van der Waals surface area contributed by atoms with Gasteiger partial charge in [0.05, 0.1) is 11.0 Å². The predicted molar refractivity (Wildman–Crippen MR) is 99.4 cm³/mol. The second-order valence-electron chi connectivity index (χ2n) is 6.35. The number of nitrogens with one attached hydrogen (secondary N) is 2. The molecule has 2 amide bonds. The zero-order valence-electron chi connectivity index (χ0n) is 14.1. The highest BCUT2D eigenvalue weighted by atomic mass is 16.2. The van der Waals surface area contributed by atoms with Crippen LogP contribution in [0.5, 0.6) is 0 Å². The Labute approximate surface area is 146 Å². The smallest absolute Gasteiger partial charge is 0.334 e. The fourth-order valence-corrected chi connectivity index (χ4v) is 3.46. The third-order valence-corrected chi connectivity index (χ3v) is 4.66. The zero-order valence-corrected chi connectivity index (χ0v) is 14.1. The quantitative estimate of drug-likeness (QED) is 0.771. The number of hydrogen-bond donors (Lipinski definition) is 2. The molecule has 2 N–H and O–H groups in total. The van der Waals surface area contributed by atoms with Crippen molar-refractivity contribution >= 4 is 22.8 Å². The average Bonchev–Trinajstić information content (AvgIpc) is 3.16. The largest absolute Gasteiger partial charge is 0.367 e. The number of fused-ring (bicyclic) bond motifs is 2. The number of para-hydroxylation sites is 3. The number of amides is 2. The fraction of sp³-hybridized carbons (Fsp3) is 0.263. The summed E-state index contributed by atoms with van der Waals surface area (Å²) >= 11 is 0. The highest BCUT2D eigenvalue weighted by Gasteiger charge is 2.24. The Morgan fingerprint density at radius 2 is 2.00 bits per heavy atom. The van der Waals surface area contributed by atoms with Crippen molar-refractivity contribution in [2.75, 3.05) is 23.4 Å². The highest BCUT2D eigenvalue weighted by Crippen LogP contribution is 2.31. The van der Waals surface area contributed by atoms with Gasteiger partial charge in [0.15, 0.2) is 0 Å². The summed E-state index contributed by atoms with van der Waals surface area (Å²) in [6.45, 7) is 3.59. The van der Waals surface area contributed by atoms with Crippen molar-refractivity contribution in [3.8, 4) is 0 Å². The van der Waals surface area contributed by atoms with E-state index in [0.717, 1.165) is 24.0 Å². The first-order valence-corrected chi connectivity index (χ1v) is 8.54. The summed E-state index contributed by atoms with van der Waals surface area (Å²) < 4.78 is 1.64. The molecular weight excluding hydrogens is 314 g/mol. The number of aromatic nitrogens is 2. The van der Waals surface area contributed by atoms with Crippen LogP contribution < -0.4 is 15.6 Å². The predicted octanol–water partition coefficient (Wildman–Crippen LogP) is 2.74. The maximum atomic E-state index is 12.2. The first kappa shape index (κ1) is 15.5. The van der Waals surface area contributed by atoms with E-state index in [1.807, 2.05) is 24.3 Å². The van der Waals surface area contributed by atoms with Gasteiger partial charge < -0.3 is 10.2 Å². The van der Waals surface area contributed by atoms with Gasteiger partial charge in [0, 0.05) is 24.8 Å². The minimum absolute atomic E-state index is 0.233. The summed E-state index contributed by atoms with van der Waals surface area (Å²) in [6, 6.07) is 16.4. The van der Waals surface area contributed by atoms with Gasteiger partial charge in [0.1, 0.15) is 6.33 Å². The molecule has 0 saturated carbocycles. The van der Waals surface area contributed by atoms with Gasteiger partial charge in [-0.1, -0.05) is 30.3 Å². The van der Waals surface area contributed by atoms with Crippen molar-refractivity contribution in [3.63, 3.8) is 0 Å². The molecule has 25 heavy (non-hydrogen) atoms. The topological polar surface area (TPSA) is 62.2 Å². The van der Waals surface area contributed by atoms with Gasteiger partial charge in [-0.2, -0.15) is 0 Å². The van der Waals surface area contributed by atoms with Crippen LogP contribution in [0, 0.1) is 0 Å². The van der Waals surface area contributed by atoms with Crippen molar-refractivity contribution in [1.82, 2.24) is 15.0 Å². The Morgan fingerprint density at radius 1 is 1.20 bits per heavy atom. The average molecular weight is 335 g/mol. The molecule has 2 aromatic carbocycles. The molecule has 2 heterocycles. The van der Waals surface area contributed by atoms with Crippen LogP contribution >= 0.6 is 0 Å². The van der Waals surface area contributed by atoms with E-state index in [2.05, 4.69) is 51.8 Å². The minimum atomic E-state index is -0.233. The molecule has 0 spiro atoms. The molecule has 0 bridgehead atoms. The summed E-state index contributed by atoms with van der Waals surface area (Å²) in [5.74, 6) is 0. The van der Waals surface area contributed by atoms with Crippen molar-refractivity contribution in [3.05, 3.63) is 60.4 Å². The number of carbonyl (C=O) groups excluding carboxylic acids is 1. The Kier molecular flexibility index (Phi) is 4.01. The molecule has 128 valence electrons. The second kappa shape index (κ2) is 6.47. The van der Waals surface area contributed by atoms with Crippen molar-refractivity contribution in [2.45, 2.75) is 19.4 Å². The van der Waals surface area contributed by atoms with Crippen LogP contribution in [0.15, 0.2) is 54.9 Å². The minimum Gasteiger partial charge on any atom is -0.367 e. The summed E-state index contributed by atoms with van der Waals surface area (Å²) in [7, 11) is 0. The van der Waals surface area contributed by atoms with E-state index in [-0.39, 0.29) is 6.03 Å². The van der Waals surface area contributed by atoms with Crippen LogP contribution in [-0.2, 0) is 6.42 Å². The van der Waals surface area contributed by atoms with Gasteiger partial charge >= 0.3 is 6.03 Å². The van der Waals surface area contributed by atoms with E-state index in [1.165, 1.54) is 11.3 Å². The first-order valence-electron chi connectivity index (χ1n) is 8.54. The molecule has 1 aliphatic heterocycles. The number of carbonyl (C=O) groups is 1. The summed E-state index contributed by atoms with van der Waals surface area (Å²) in [5.41, 5.74) is 7.19. The van der Waals surface area contributed by atoms with E-state index >= 15 is 0 Å². The van der Waals surface area contributed by atoms with Crippen molar-refractivity contribution in [1.29, 1.82) is 0 Å². The Bertz CT molecular complexity index is 903. The van der Waals surface area contributed by atoms with Crippen molar-refractivity contribution < 1.29 is 4.79 Å². The molecular formula is C19H21N5O. The lowest BCUT2D eigenvalue weighted by Gasteiger charge is -2.25. The molecule has 6 nitrogen and oxygen atoms in total. The van der Waals surface area contributed by atoms with E-state index in [1.54, 1.807) is 11.0 Å². The number of nitrogens with zero attached hydrogens (tertiary/aromatic N) is 3. The number of benzene rings is 2. The molecule has 0 fully saturated rings. The van der Waals surface area contributed by atoms with E-state index in [9.17, 15) is 4.79 Å². The number of urea groups is 1. The van der Waals surface area contributed by atoms with Crippen LogP contribution in [0.3, 0.4) is 0 Å². The molecule has 4 rings (SSSR count). The van der Waals surface area contributed by atoms with E-state index in [4.69, 9.17) is 0 Å². The maximum Gasteiger partial charge on any atom is 0.334 e. The Balaban J connectivity index is 1.34. The SMILES string of the molecule is CC1Cc2ccccc2N1CCNC(=O)Nn1cnc2ccccc21. The van der Waals surface area contributed by atoms with Crippen molar-refractivity contribution in [2.24, 2.45) is 0 Å². The zero-order chi connectivity index (χ0) is 17.2. The molecule has 0 radical (unpaired) electrons. The molecule has 1 aliphatic rings. The number of imidazole rings is 1. The first-order chi connectivity index (χ1) is 12.2. The highest BCUT2D eigenvalue weighted by molar-refractivity contribution is 5.85. The number of rotatable bonds is 4. The Hall–Kier alpha value is -3.02. The lowest BCUT2D eigenvalue weighted by molar-refractivity contribution is 0.250. The van der Waals surface area contributed by atoms with Crippen LogP contribution in [-0.4, -0.2) is 34.8 Å². The number of anilines is 1. The molecule has 3 aromatic rings. The maximum absolute atomic E-state index is 12.2. The van der Waals surface area contributed by atoms with Gasteiger partial charge in [-0.3, -0.25) is 0 Å². The van der Waals surface area contributed by atoms with Gasteiger partial charge in [0.25, 0.3) is 0 Å². The van der Waals surface area contributed by atoms with Gasteiger partial charge in [-0.25, -0.2) is 19.9 Å². The van der Waals surface area contributed by atoms with Crippen LogP contribution in [0.1, 0.15) is 12.5 Å². The van der Waals surface area contributed by atoms with Crippen LogP contribution in [0.2, 0.25) is 0 Å². The second-order valence-corrected chi connectivity index (χ2v) is 6.35. The van der Waals surface area contributed by atoms with Crippen LogP contribution in [0.25, 0.3) is 11.0 Å². The third-order valence-electron chi connectivity index (χ3n) is 4.66. The van der Waals surface area contributed by atoms with Gasteiger partial charge in [-0.05, 0) is 37.1 Å². The Morgan fingerprint density at radius 3 is 2.92 bits per heavy atom. The molecule has 0 saturated heterocycles. The van der Waals surface area contributed by atoms with Gasteiger partial charge in [0.2, 0.25) is 0 Å². The lowest BCUT2D eigenvalue weighted by atomic mass is 10.1. The van der Waals surface area contributed by atoms with Crippen LogP contribution in [0.4, 0.5) is 10.5 Å². The number of hydrogen-bond acceptors (Lipinski definition) is 3. The summed E-state index contributed by atoms with van der Waals surface area (Å²) in [6.07, 6.45) is 2.67. The lowest BCUT2D eigenvalue weighted by Crippen LogP contribution is -2.41. The van der Waals surface area contributed by atoms with E-state index < -0.39 is 0 Å².